The summed E-state index contributed by atoms with van der Waals surface area (Å²) in [6.07, 6.45) is 3.41. The molecule has 3 nitrogen and oxygen atoms in total. The maximum atomic E-state index is 12.3. The molecule has 0 bridgehead atoms. The number of nitrogens with zero attached hydrogens (tertiary/aromatic N) is 1. The van der Waals surface area contributed by atoms with Gasteiger partial charge in [-0.2, -0.15) is 0 Å². The molecule has 6 heteroatoms. The Morgan fingerprint density at radius 1 is 1.17 bits per heavy atom. The van der Waals surface area contributed by atoms with E-state index in [1.54, 1.807) is 18.2 Å². The van der Waals surface area contributed by atoms with Crippen molar-refractivity contribution in [3.8, 4) is 0 Å². The molecule has 2 aromatic carbocycles. The van der Waals surface area contributed by atoms with Gasteiger partial charge in [-0.25, -0.2) is 4.98 Å². The van der Waals surface area contributed by atoms with Crippen molar-refractivity contribution >= 4 is 55.8 Å². The lowest BCUT2D eigenvalue weighted by atomic mass is 10.1. The second-order valence-corrected chi connectivity index (χ2v) is 7.35. The van der Waals surface area contributed by atoms with Gasteiger partial charge in [-0.15, -0.1) is 0 Å². The Morgan fingerprint density at radius 3 is 2.75 bits per heavy atom. The highest BCUT2D eigenvalue weighted by Gasteiger charge is 2.11. The molecule has 1 N–H and O–H groups in total. The summed E-state index contributed by atoms with van der Waals surface area (Å²) in [5.41, 5.74) is 2.65. The fourth-order valence-corrected chi connectivity index (χ4v) is 3.59. The number of hydrogen-bond acceptors (Lipinski definition) is 3. The minimum Gasteiger partial charge on any atom is -0.298 e. The van der Waals surface area contributed by atoms with Crippen molar-refractivity contribution in [3.63, 3.8) is 0 Å². The van der Waals surface area contributed by atoms with E-state index in [4.69, 9.17) is 23.2 Å². The molecule has 0 aliphatic rings. The molecule has 0 fully saturated rings. The van der Waals surface area contributed by atoms with E-state index in [0.717, 1.165) is 16.6 Å². The number of amides is 1. The van der Waals surface area contributed by atoms with Crippen LogP contribution < -0.4 is 5.32 Å². The molecule has 1 heterocycles. The lowest BCUT2D eigenvalue weighted by molar-refractivity contribution is 0.102. The van der Waals surface area contributed by atoms with Crippen LogP contribution in [0.2, 0.25) is 10.0 Å². The third-order valence-electron chi connectivity index (χ3n) is 3.67. The number of benzene rings is 2. The van der Waals surface area contributed by atoms with Gasteiger partial charge in [0.05, 0.1) is 20.3 Å². The van der Waals surface area contributed by atoms with E-state index in [1.165, 1.54) is 29.7 Å². The van der Waals surface area contributed by atoms with Crippen LogP contribution in [-0.2, 0) is 6.42 Å². The van der Waals surface area contributed by atoms with Crippen LogP contribution in [0.1, 0.15) is 35.7 Å². The topological polar surface area (TPSA) is 42.0 Å². The second-order valence-electron chi connectivity index (χ2n) is 5.51. The highest BCUT2D eigenvalue weighted by atomic mass is 35.5. The number of aryl methyl sites for hydroxylation is 1. The number of thiazole rings is 1. The Kier molecular flexibility index (Phi) is 5.39. The summed E-state index contributed by atoms with van der Waals surface area (Å²) in [5, 5.41) is 4.18. The first-order valence-corrected chi connectivity index (χ1v) is 9.30. The SMILES string of the molecule is CCCCc1ccc2nc(NC(=O)c3ccc(Cl)c(Cl)c3)sc2c1. The number of carbonyl (C=O) groups is 1. The first-order chi connectivity index (χ1) is 11.6. The van der Waals surface area contributed by atoms with E-state index in [2.05, 4.69) is 29.4 Å². The summed E-state index contributed by atoms with van der Waals surface area (Å²) >= 11 is 13.3. The van der Waals surface area contributed by atoms with Gasteiger partial charge in [-0.3, -0.25) is 10.1 Å². The van der Waals surface area contributed by atoms with Crippen molar-refractivity contribution in [1.29, 1.82) is 0 Å². The van der Waals surface area contributed by atoms with Crippen molar-refractivity contribution in [2.24, 2.45) is 0 Å². The number of unbranched alkanes of at least 4 members (excludes halogenated alkanes) is 1. The van der Waals surface area contributed by atoms with E-state index in [1.807, 2.05) is 6.07 Å². The molecule has 0 aliphatic heterocycles. The van der Waals surface area contributed by atoms with Crippen LogP contribution in [0.5, 0.6) is 0 Å². The normalized spacial score (nSPS) is 11.0. The molecule has 0 atom stereocenters. The van der Waals surface area contributed by atoms with Gasteiger partial charge in [0.2, 0.25) is 0 Å². The number of nitrogens with one attached hydrogen (secondary N) is 1. The van der Waals surface area contributed by atoms with Gasteiger partial charge in [0, 0.05) is 5.56 Å². The molecular weight excluding hydrogens is 363 g/mol. The summed E-state index contributed by atoms with van der Waals surface area (Å²) in [4.78, 5) is 16.8. The first kappa shape index (κ1) is 17.2. The second kappa shape index (κ2) is 7.51. The Morgan fingerprint density at radius 2 is 2.00 bits per heavy atom. The van der Waals surface area contributed by atoms with Gasteiger partial charge in [0.1, 0.15) is 0 Å². The van der Waals surface area contributed by atoms with Crippen molar-refractivity contribution in [2.45, 2.75) is 26.2 Å². The molecule has 24 heavy (non-hydrogen) atoms. The van der Waals surface area contributed by atoms with E-state index in [-0.39, 0.29) is 5.91 Å². The zero-order valence-electron chi connectivity index (χ0n) is 13.1. The van der Waals surface area contributed by atoms with Crippen LogP contribution in [0.3, 0.4) is 0 Å². The first-order valence-electron chi connectivity index (χ1n) is 7.72. The van der Waals surface area contributed by atoms with Crippen LogP contribution >= 0.6 is 34.5 Å². The highest BCUT2D eigenvalue weighted by molar-refractivity contribution is 7.22. The van der Waals surface area contributed by atoms with E-state index in [0.29, 0.717) is 20.7 Å². The molecule has 0 saturated carbocycles. The Balaban J connectivity index is 1.79. The average molecular weight is 379 g/mol. The number of anilines is 1. The molecule has 1 aromatic heterocycles. The smallest absolute Gasteiger partial charge is 0.257 e. The fraction of sp³-hybridized carbons (Fsp3) is 0.222. The molecule has 0 radical (unpaired) electrons. The minimum absolute atomic E-state index is 0.251. The van der Waals surface area contributed by atoms with E-state index >= 15 is 0 Å². The summed E-state index contributed by atoms with van der Waals surface area (Å²) < 4.78 is 1.08. The Bertz CT molecular complexity index is 892. The average Bonchev–Trinajstić information content (AvgIpc) is 2.96. The third-order valence-corrected chi connectivity index (χ3v) is 5.35. The molecule has 3 rings (SSSR count). The van der Waals surface area contributed by atoms with E-state index < -0.39 is 0 Å². The number of aromatic nitrogens is 1. The van der Waals surface area contributed by atoms with Crippen LogP contribution in [0.15, 0.2) is 36.4 Å². The number of rotatable bonds is 5. The van der Waals surface area contributed by atoms with Gasteiger partial charge in [-0.05, 0) is 48.7 Å². The molecule has 1 amide bonds. The molecular formula is C18H16Cl2N2OS. The van der Waals surface area contributed by atoms with Gasteiger partial charge < -0.3 is 0 Å². The van der Waals surface area contributed by atoms with Crippen LogP contribution in [0.4, 0.5) is 5.13 Å². The van der Waals surface area contributed by atoms with Gasteiger partial charge in [0.25, 0.3) is 5.91 Å². The lowest BCUT2D eigenvalue weighted by Crippen LogP contribution is -2.11. The molecule has 0 spiro atoms. The number of hydrogen-bond donors (Lipinski definition) is 1. The minimum atomic E-state index is -0.251. The van der Waals surface area contributed by atoms with E-state index in [9.17, 15) is 4.79 Å². The largest absolute Gasteiger partial charge is 0.298 e. The highest BCUT2D eigenvalue weighted by Crippen LogP contribution is 2.28. The van der Waals surface area contributed by atoms with Gasteiger partial charge >= 0.3 is 0 Å². The van der Waals surface area contributed by atoms with Gasteiger partial charge in [0.15, 0.2) is 5.13 Å². The van der Waals surface area contributed by atoms with Crippen molar-refractivity contribution in [3.05, 3.63) is 57.6 Å². The lowest BCUT2D eigenvalue weighted by Gasteiger charge is -2.02. The molecule has 124 valence electrons. The molecule has 0 unspecified atom stereocenters. The molecule has 3 aromatic rings. The summed E-state index contributed by atoms with van der Waals surface area (Å²) in [7, 11) is 0. The molecule has 0 saturated heterocycles. The third kappa shape index (κ3) is 3.89. The van der Waals surface area contributed by atoms with Crippen molar-refractivity contribution < 1.29 is 4.79 Å². The van der Waals surface area contributed by atoms with Crippen LogP contribution in [0, 0.1) is 0 Å². The zero-order valence-corrected chi connectivity index (χ0v) is 15.4. The maximum absolute atomic E-state index is 12.3. The van der Waals surface area contributed by atoms with Crippen molar-refractivity contribution in [1.82, 2.24) is 4.98 Å². The quantitative estimate of drug-likeness (QED) is 0.574. The number of fused-ring (bicyclic) bond motifs is 1. The summed E-state index contributed by atoms with van der Waals surface area (Å²) in [5.74, 6) is -0.251. The maximum Gasteiger partial charge on any atom is 0.257 e. The molecule has 0 aliphatic carbocycles. The Labute approximate surface area is 154 Å². The van der Waals surface area contributed by atoms with Crippen molar-refractivity contribution in [2.75, 3.05) is 5.32 Å². The predicted molar refractivity (Wildman–Crippen MR) is 103 cm³/mol. The monoisotopic (exact) mass is 378 g/mol. The predicted octanol–water partition coefficient (Wildman–Crippen LogP) is 6.20. The van der Waals surface area contributed by atoms with Crippen LogP contribution in [-0.4, -0.2) is 10.9 Å². The Hall–Kier alpha value is -1.62. The summed E-state index contributed by atoms with van der Waals surface area (Å²) in [6, 6.07) is 11.1. The van der Waals surface area contributed by atoms with Gasteiger partial charge in [-0.1, -0.05) is 53.9 Å². The number of carbonyl (C=O) groups excluding carboxylic acids is 1. The number of halogens is 2. The summed E-state index contributed by atoms with van der Waals surface area (Å²) in [6.45, 7) is 2.18. The zero-order chi connectivity index (χ0) is 17.1. The standard InChI is InChI=1S/C18H16Cl2N2OS/c1-2-3-4-11-5-8-15-16(9-11)24-18(21-15)22-17(23)12-6-7-13(19)14(20)10-12/h5-10H,2-4H2,1H3,(H,21,22,23). The fourth-order valence-electron chi connectivity index (χ4n) is 2.37. The van der Waals surface area contributed by atoms with Crippen LogP contribution in [0.25, 0.3) is 10.2 Å².